The minimum absolute atomic E-state index is 0.0425. The number of ketones is 1. The molecule has 2 N–H and O–H groups in total. The predicted molar refractivity (Wildman–Crippen MR) is 97.6 cm³/mol. The van der Waals surface area contributed by atoms with Crippen molar-refractivity contribution in [3.63, 3.8) is 0 Å². The van der Waals surface area contributed by atoms with Crippen molar-refractivity contribution in [3.05, 3.63) is 59.4 Å². The van der Waals surface area contributed by atoms with Crippen LogP contribution in [0.1, 0.15) is 46.2 Å². The average Bonchev–Trinajstić information content (AvgIpc) is 3.11. The van der Waals surface area contributed by atoms with Crippen molar-refractivity contribution in [3.8, 4) is 0 Å². The third-order valence-electron chi connectivity index (χ3n) is 4.74. The monoisotopic (exact) mass is 339 g/mol. The van der Waals surface area contributed by atoms with E-state index >= 15 is 0 Å². The highest BCUT2D eigenvalue weighted by molar-refractivity contribution is 5.99. The maximum Gasteiger partial charge on any atom is 0.267 e. The number of amides is 1. The molecular weight excluding hydrogens is 314 g/mol. The molecule has 0 bridgehead atoms. The number of nitrogens with one attached hydrogen (secondary N) is 2. The van der Waals surface area contributed by atoms with Crippen LogP contribution in [0.5, 0.6) is 0 Å². The summed E-state index contributed by atoms with van der Waals surface area (Å²) < 4.78 is 0. The van der Waals surface area contributed by atoms with Gasteiger partial charge in [-0.05, 0) is 43.9 Å². The largest absolute Gasteiger partial charge is 0.356 e. The molecule has 1 amide bonds. The molecule has 5 heteroatoms. The number of piperidine rings is 1. The van der Waals surface area contributed by atoms with Gasteiger partial charge in [-0.3, -0.25) is 14.5 Å². The molecule has 0 saturated carbocycles. The van der Waals surface area contributed by atoms with E-state index in [4.69, 9.17) is 0 Å². The van der Waals surface area contributed by atoms with E-state index in [1.807, 2.05) is 6.07 Å². The SMILES string of the molecule is CC(=O)c1c[nH]c(C(=O)NC[C@H]2CCCN(Cc3ccccc3)C2)c1. The summed E-state index contributed by atoms with van der Waals surface area (Å²) in [4.78, 5) is 28.9. The smallest absolute Gasteiger partial charge is 0.267 e. The van der Waals surface area contributed by atoms with Crippen molar-refractivity contribution >= 4 is 11.7 Å². The summed E-state index contributed by atoms with van der Waals surface area (Å²) in [6.07, 6.45) is 3.87. The number of H-pyrrole nitrogens is 1. The zero-order chi connectivity index (χ0) is 17.6. The molecule has 1 aromatic carbocycles. The van der Waals surface area contributed by atoms with Gasteiger partial charge in [0.15, 0.2) is 5.78 Å². The van der Waals surface area contributed by atoms with Crippen LogP contribution in [0.4, 0.5) is 0 Å². The Kier molecular flexibility index (Phi) is 5.66. The number of Topliss-reactive ketones (excluding diaryl/α,β-unsaturated/α-hetero) is 1. The maximum absolute atomic E-state index is 12.2. The molecule has 0 spiro atoms. The van der Waals surface area contributed by atoms with Gasteiger partial charge >= 0.3 is 0 Å². The zero-order valence-corrected chi connectivity index (χ0v) is 14.6. The molecule has 1 aliphatic rings. The Hall–Kier alpha value is -2.40. The number of rotatable bonds is 6. The van der Waals surface area contributed by atoms with Gasteiger partial charge in [0.05, 0.1) is 0 Å². The topological polar surface area (TPSA) is 65.2 Å². The van der Waals surface area contributed by atoms with Gasteiger partial charge in [-0.15, -0.1) is 0 Å². The van der Waals surface area contributed by atoms with Crippen molar-refractivity contribution in [2.45, 2.75) is 26.3 Å². The molecule has 1 saturated heterocycles. The van der Waals surface area contributed by atoms with Gasteiger partial charge in [0, 0.05) is 31.4 Å². The number of aromatic amines is 1. The Balaban J connectivity index is 1.49. The highest BCUT2D eigenvalue weighted by Gasteiger charge is 2.21. The van der Waals surface area contributed by atoms with Gasteiger partial charge in [0.25, 0.3) is 5.91 Å². The van der Waals surface area contributed by atoms with E-state index < -0.39 is 0 Å². The molecular formula is C20H25N3O2. The Bertz CT molecular complexity index is 724. The Morgan fingerprint density at radius 3 is 2.80 bits per heavy atom. The van der Waals surface area contributed by atoms with E-state index in [1.165, 1.54) is 12.5 Å². The van der Waals surface area contributed by atoms with Crippen molar-refractivity contribution in [1.82, 2.24) is 15.2 Å². The Morgan fingerprint density at radius 1 is 1.28 bits per heavy atom. The fourth-order valence-electron chi connectivity index (χ4n) is 3.36. The molecule has 1 aliphatic heterocycles. The maximum atomic E-state index is 12.2. The second kappa shape index (κ2) is 8.12. The third-order valence-corrected chi connectivity index (χ3v) is 4.74. The van der Waals surface area contributed by atoms with Crippen molar-refractivity contribution < 1.29 is 9.59 Å². The molecule has 2 heterocycles. The van der Waals surface area contributed by atoms with Crippen molar-refractivity contribution in [2.24, 2.45) is 5.92 Å². The van der Waals surface area contributed by atoms with Crippen molar-refractivity contribution in [1.29, 1.82) is 0 Å². The lowest BCUT2D eigenvalue weighted by Crippen LogP contribution is -2.40. The standard InChI is InChI=1S/C20H25N3O2/c1-15(24)18-10-19(21-12-18)20(25)22-11-17-8-5-9-23(14-17)13-16-6-3-2-4-7-16/h2-4,6-7,10,12,17,21H,5,8-9,11,13-14H2,1H3,(H,22,25)/t17-/m1/s1. The number of carbonyl (C=O) groups excluding carboxylic acids is 2. The first kappa shape index (κ1) is 17.4. The van der Waals surface area contributed by atoms with Gasteiger partial charge < -0.3 is 10.3 Å². The van der Waals surface area contributed by atoms with Crippen LogP contribution in [0.3, 0.4) is 0 Å². The first-order valence-electron chi connectivity index (χ1n) is 8.85. The molecule has 1 fully saturated rings. The van der Waals surface area contributed by atoms with Crippen LogP contribution in [0.15, 0.2) is 42.6 Å². The van der Waals surface area contributed by atoms with Crippen LogP contribution in [0.25, 0.3) is 0 Å². The van der Waals surface area contributed by atoms with E-state index in [1.54, 1.807) is 12.3 Å². The summed E-state index contributed by atoms with van der Waals surface area (Å²) in [6.45, 7) is 5.23. The predicted octanol–water partition coefficient (Wildman–Crippen LogP) is 2.86. The van der Waals surface area contributed by atoms with E-state index in [0.29, 0.717) is 23.7 Å². The van der Waals surface area contributed by atoms with Crippen LogP contribution in [0.2, 0.25) is 0 Å². The van der Waals surface area contributed by atoms with Gasteiger partial charge in [-0.25, -0.2) is 0 Å². The number of carbonyl (C=O) groups is 2. The van der Waals surface area contributed by atoms with E-state index in [0.717, 1.165) is 32.5 Å². The highest BCUT2D eigenvalue weighted by atomic mass is 16.2. The quantitative estimate of drug-likeness (QED) is 0.796. The number of hydrogen-bond acceptors (Lipinski definition) is 3. The lowest BCUT2D eigenvalue weighted by Gasteiger charge is -2.32. The van der Waals surface area contributed by atoms with Crippen molar-refractivity contribution in [2.75, 3.05) is 19.6 Å². The van der Waals surface area contributed by atoms with E-state index in [2.05, 4.69) is 39.5 Å². The minimum atomic E-state index is -0.146. The highest BCUT2D eigenvalue weighted by Crippen LogP contribution is 2.18. The summed E-state index contributed by atoms with van der Waals surface area (Å²) >= 11 is 0. The summed E-state index contributed by atoms with van der Waals surface area (Å²) in [5.74, 6) is 0.274. The van der Waals surface area contributed by atoms with Crippen LogP contribution in [-0.4, -0.2) is 41.2 Å². The van der Waals surface area contributed by atoms with Gasteiger partial charge in [-0.2, -0.15) is 0 Å². The molecule has 132 valence electrons. The molecule has 2 aromatic rings. The summed E-state index contributed by atoms with van der Waals surface area (Å²) in [6, 6.07) is 12.1. The fraction of sp³-hybridized carbons (Fsp3) is 0.400. The van der Waals surface area contributed by atoms with Crippen LogP contribution < -0.4 is 5.32 Å². The molecule has 25 heavy (non-hydrogen) atoms. The number of nitrogens with zero attached hydrogens (tertiary/aromatic N) is 1. The summed E-state index contributed by atoms with van der Waals surface area (Å²) in [5, 5.41) is 3.00. The van der Waals surface area contributed by atoms with Crippen LogP contribution in [0, 0.1) is 5.92 Å². The first-order chi connectivity index (χ1) is 12.1. The number of aromatic nitrogens is 1. The number of benzene rings is 1. The Labute approximate surface area is 148 Å². The third kappa shape index (κ3) is 4.79. The van der Waals surface area contributed by atoms with E-state index in [9.17, 15) is 9.59 Å². The lowest BCUT2D eigenvalue weighted by molar-refractivity contribution is 0.0926. The van der Waals surface area contributed by atoms with Crippen LogP contribution in [-0.2, 0) is 6.54 Å². The number of hydrogen-bond donors (Lipinski definition) is 2. The van der Waals surface area contributed by atoms with Gasteiger partial charge in [0.2, 0.25) is 0 Å². The Morgan fingerprint density at radius 2 is 2.08 bits per heavy atom. The van der Waals surface area contributed by atoms with E-state index in [-0.39, 0.29) is 11.7 Å². The second-order valence-electron chi connectivity index (χ2n) is 6.80. The average molecular weight is 339 g/mol. The first-order valence-corrected chi connectivity index (χ1v) is 8.85. The second-order valence-corrected chi connectivity index (χ2v) is 6.80. The molecule has 0 radical (unpaired) electrons. The molecule has 5 nitrogen and oxygen atoms in total. The zero-order valence-electron chi connectivity index (χ0n) is 14.6. The molecule has 0 aliphatic carbocycles. The lowest BCUT2D eigenvalue weighted by atomic mass is 9.97. The summed E-state index contributed by atoms with van der Waals surface area (Å²) in [5.41, 5.74) is 2.31. The molecule has 0 unspecified atom stereocenters. The fourth-order valence-corrected chi connectivity index (χ4v) is 3.36. The molecule has 1 atom stereocenters. The summed E-state index contributed by atoms with van der Waals surface area (Å²) in [7, 11) is 0. The van der Waals surface area contributed by atoms with Gasteiger partial charge in [-0.1, -0.05) is 30.3 Å². The normalized spacial score (nSPS) is 18.0. The van der Waals surface area contributed by atoms with Crippen LogP contribution >= 0.6 is 0 Å². The minimum Gasteiger partial charge on any atom is -0.356 e. The molecule has 3 rings (SSSR count). The van der Waals surface area contributed by atoms with Gasteiger partial charge in [0.1, 0.15) is 5.69 Å². The molecule has 1 aromatic heterocycles. The number of likely N-dealkylation sites (tertiary alicyclic amines) is 1.